The molecular weight excluding hydrogens is 400 g/mol. The summed E-state index contributed by atoms with van der Waals surface area (Å²) < 4.78 is 11.2. The van der Waals surface area contributed by atoms with Gasteiger partial charge in [0.2, 0.25) is 0 Å². The molecule has 0 spiro atoms. The number of rotatable bonds is 7. The average Bonchev–Trinajstić information content (AvgIpc) is 2.78. The highest BCUT2D eigenvalue weighted by Gasteiger charge is 2.20. The first kappa shape index (κ1) is 22.2. The number of ether oxygens (including phenoxy) is 2. The molecule has 0 aliphatic carbocycles. The lowest BCUT2D eigenvalue weighted by atomic mass is 10.1. The van der Waals surface area contributed by atoms with Gasteiger partial charge in [-0.05, 0) is 35.7 Å². The van der Waals surface area contributed by atoms with Gasteiger partial charge in [0.1, 0.15) is 24.2 Å². The van der Waals surface area contributed by atoms with E-state index in [0.29, 0.717) is 13.2 Å². The fourth-order valence-corrected chi connectivity index (χ4v) is 3.84. The van der Waals surface area contributed by atoms with Crippen molar-refractivity contribution < 1.29 is 14.6 Å². The molecule has 30 heavy (non-hydrogen) atoms. The number of nitrogens with zero attached hydrogens (tertiary/aromatic N) is 2. The van der Waals surface area contributed by atoms with Crippen molar-refractivity contribution in [3.05, 3.63) is 66.7 Å². The molecule has 1 unspecified atom stereocenters. The zero-order chi connectivity index (χ0) is 20.1. The normalized spacial score (nSPS) is 15.5. The lowest BCUT2D eigenvalue weighted by molar-refractivity contribution is 0.0668. The summed E-state index contributed by atoms with van der Waals surface area (Å²) in [5.74, 6) is 1.70. The second-order valence-electron chi connectivity index (χ2n) is 7.43. The van der Waals surface area contributed by atoms with Gasteiger partial charge >= 0.3 is 0 Å². The first-order valence-corrected chi connectivity index (χ1v) is 10.1. The lowest BCUT2D eigenvalue weighted by Crippen LogP contribution is -2.49. The number of anilines is 1. The van der Waals surface area contributed by atoms with Crippen molar-refractivity contribution in [3.63, 3.8) is 0 Å². The second kappa shape index (κ2) is 10.5. The third kappa shape index (κ3) is 5.36. The van der Waals surface area contributed by atoms with Crippen LogP contribution in [0.1, 0.15) is 0 Å². The van der Waals surface area contributed by atoms with Gasteiger partial charge in [-0.3, -0.25) is 4.90 Å². The van der Waals surface area contributed by atoms with E-state index in [-0.39, 0.29) is 12.4 Å². The molecule has 1 heterocycles. The lowest BCUT2D eigenvalue weighted by Gasteiger charge is -2.36. The predicted octanol–water partition coefficient (Wildman–Crippen LogP) is 3.83. The average molecular weight is 429 g/mol. The van der Waals surface area contributed by atoms with E-state index in [1.165, 1.54) is 5.69 Å². The Morgan fingerprint density at radius 1 is 0.900 bits per heavy atom. The van der Waals surface area contributed by atoms with Crippen LogP contribution in [0.25, 0.3) is 10.8 Å². The summed E-state index contributed by atoms with van der Waals surface area (Å²) in [7, 11) is 1.68. The molecule has 6 heteroatoms. The SMILES string of the molecule is COc1ccc(N2CCN(CC(O)COc3cccc4ccccc34)CC2)cc1.Cl. The van der Waals surface area contributed by atoms with Gasteiger partial charge in [0.25, 0.3) is 0 Å². The fraction of sp³-hybridized carbons (Fsp3) is 0.333. The van der Waals surface area contributed by atoms with Crippen molar-refractivity contribution in [2.45, 2.75) is 6.10 Å². The van der Waals surface area contributed by atoms with Crippen LogP contribution in [0.3, 0.4) is 0 Å². The minimum Gasteiger partial charge on any atom is -0.497 e. The molecule has 1 saturated heterocycles. The monoisotopic (exact) mass is 428 g/mol. The quantitative estimate of drug-likeness (QED) is 0.619. The van der Waals surface area contributed by atoms with E-state index in [1.807, 2.05) is 36.4 Å². The van der Waals surface area contributed by atoms with Crippen molar-refractivity contribution in [3.8, 4) is 11.5 Å². The van der Waals surface area contributed by atoms with E-state index in [9.17, 15) is 5.11 Å². The Balaban J connectivity index is 0.00000256. The third-order valence-electron chi connectivity index (χ3n) is 5.46. The number of halogens is 1. The molecule has 1 aliphatic heterocycles. The van der Waals surface area contributed by atoms with Crippen molar-refractivity contribution >= 4 is 28.9 Å². The Morgan fingerprint density at radius 2 is 1.60 bits per heavy atom. The Hall–Kier alpha value is -2.47. The number of benzene rings is 3. The molecule has 1 fully saturated rings. The molecule has 1 atom stereocenters. The van der Waals surface area contributed by atoms with Gasteiger partial charge in [-0.1, -0.05) is 36.4 Å². The Labute approximate surface area is 184 Å². The number of piperazine rings is 1. The summed E-state index contributed by atoms with van der Waals surface area (Å²) >= 11 is 0. The Morgan fingerprint density at radius 3 is 2.33 bits per heavy atom. The van der Waals surface area contributed by atoms with Crippen molar-refractivity contribution in [1.29, 1.82) is 0 Å². The largest absolute Gasteiger partial charge is 0.497 e. The van der Waals surface area contributed by atoms with Crippen molar-refractivity contribution in [2.24, 2.45) is 0 Å². The summed E-state index contributed by atoms with van der Waals surface area (Å²) in [4.78, 5) is 4.67. The predicted molar refractivity (Wildman–Crippen MR) is 124 cm³/mol. The number of aliphatic hydroxyl groups is 1. The molecule has 0 amide bonds. The van der Waals surface area contributed by atoms with Crippen LogP contribution in [0, 0.1) is 0 Å². The third-order valence-corrected chi connectivity index (χ3v) is 5.46. The van der Waals surface area contributed by atoms with Crippen molar-refractivity contribution in [2.75, 3.05) is 51.3 Å². The molecule has 0 aromatic heterocycles. The molecular formula is C24H29ClN2O3. The van der Waals surface area contributed by atoms with Crippen LogP contribution in [0.2, 0.25) is 0 Å². The maximum absolute atomic E-state index is 10.5. The molecule has 0 radical (unpaired) electrons. The maximum Gasteiger partial charge on any atom is 0.127 e. The number of hydrogen-bond donors (Lipinski definition) is 1. The molecule has 3 aromatic rings. The smallest absolute Gasteiger partial charge is 0.127 e. The van der Waals surface area contributed by atoms with Crippen LogP contribution in [0.4, 0.5) is 5.69 Å². The number of hydrogen-bond acceptors (Lipinski definition) is 5. The van der Waals surface area contributed by atoms with Crippen LogP contribution < -0.4 is 14.4 Å². The highest BCUT2D eigenvalue weighted by atomic mass is 35.5. The first-order valence-electron chi connectivity index (χ1n) is 10.1. The Kier molecular flexibility index (Phi) is 7.80. The molecule has 3 aromatic carbocycles. The summed E-state index contributed by atoms with van der Waals surface area (Å²) in [5.41, 5.74) is 1.21. The van der Waals surface area contributed by atoms with E-state index in [4.69, 9.17) is 9.47 Å². The highest BCUT2D eigenvalue weighted by Crippen LogP contribution is 2.25. The van der Waals surface area contributed by atoms with Crippen molar-refractivity contribution in [1.82, 2.24) is 4.90 Å². The van der Waals surface area contributed by atoms with Gasteiger partial charge in [0.15, 0.2) is 0 Å². The summed E-state index contributed by atoms with van der Waals surface area (Å²) in [6.07, 6.45) is -0.512. The van der Waals surface area contributed by atoms with Crippen LogP contribution in [0.5, 0.6) is 11.5 Å². The zero-order valence-corrected chi connectivity index (χ0v) is 18.1. The van der Waals surface area contributed by atoms with E-state index in [0.717, 1.165) is 48.5 Å². The summed E-state index contributed by atoms with van der Waals surface area (Å²) in [6.45, 7) is 4.68. The molecule has 160 valence electrons. The van der Waals surface area contributed by atoms with Gasteiger partial charge in [-0.2, -0.15) is 0 Å². The summed E-state index contributed by atoms with van der Waals surface area (Å²) in [6, 6.07) is 22.4. The minimum atomic E-state index is -0.512. The Bertz CT molecular complexity index is 922. The standard InChI is InChI=1S/C24H28N2O3.ClH/c1-28-22-11-9-20(10-12-22)26-15-13-25(14-16-26)17-21(27)18-29-24-8-4-6-19-5-2-3-7-23(19)24;/h2-12,21,27H,13-18H2,1H3;1H. The molecule has 5 nitrogen and oxygen atoms in total. The van der Waals surface area contributed by atoms with E-state index in [2.05, 4.69) is 40.1 Å². The first-order chi connectivity index (χ1) is 14.2. The number of β-amino-alcohol motifs (C(OH)–C–C–N with tert-alkyl or cyclic N) is 1. The van der Waals surface area contributed by atoms with Gasteiger partial charge in [0.05, 0.1) is 7.11 Å². The molecule has 4 rings (SSSR count). The zero-order valence-electron chi connectivity index (χ0n) is 17.2. The molecule has 1 N–H and O–H groups in total. The number of aliphatic hydroxyl groups excluding tert-OH is 1. The van der Waals surface area contributed by atoms with Crippen LogP contribution >= 0.6 is 12.4 Å². The number of fused-ring (bicyclic) bond motifs is 1. The maximum atomic E-state index is 10.5. The topological polar surface area (TPSA) is 45.2 Å². The van der Waals surface area contributed by atoms with Gasteiger partial charge in [0, 0.05) is 43.8 Å². The minimum absolute atomic E-state index is 0. The van der Waals surface area contributed by atoms with Gasteiger partial charge in [-0.15, -0.1) is 12.4 Å². The van der Waals surface area contributed by atoms with E-state index < -0.39 is 6.10 Å². The van der Waals surface area contributed by atoms with Gasteiger partial charge in [-0.25, -0.2) is 0 Å². The van der Waals surface area contributed by atoms with Crippen LogP contribution in [-0.4, -0.2) is 62.6 Å². The second-order valence-corrected chi connectivity index (χ2v) is 7.43. The highest BCUT2D eigenvalue weighted by molar-refractivity contribution is 5.88. The van der Waals surface area contributed by atoms with E-state index >= 15 is 0 Å². The van der Waals surface area contributed by atoms with Gasteiger partial charge < -0.3 is 19.5 Å². The fourth-order valence-electron chi connectivity index (χ4n) is 3.84. The molecule has 0 saturated carbocycles. The molecule has 0 bridgehead atoms. The number of methoxy groups -OCH3 is 1. The molecule has 1 aliphatic rings. The summed E-state index contributed by atoms with van der Waals surface area (Å²) in [5, 5.41) is 12.7. The van der Waals surface area contributed by atoms with E-state index in [1.54, 1.807) is 7.11 Å². The van der Waals surface area contributed by atoms with Crippen LogP contribution in [0.15, 0.2) is 66.7 Å². The van der Waals surface area contributed by atoms with Crippen LogP contribution in [-0.2, 0) is 0 Å².